The highest BCUT2D eigenvalue weighted by Crippen LogP contribution is 2.07. The van der Waals surface area contributed by atoms with Gasteiger partial charge in [-0.3, -0.25) is 4.90 Å². The highest BCUT2D eigenvalue weighted by molar-refractivity contribution is 6.18. The van der Waals surface area contributed by atoms with Crippen LogP contribution in [0.25, 0.3) is 0 Å². The molecule has 0 saturated heterocycles. The van der Waals surface area contributed by atoms with Gasteiger partial charge in [-0.25, -0.2) is 0 Å². The number of nitrogens with zero attached hydrogens (tertiary/aromatic N) is 1. The quantitative estimate of drug-likeness (QED) is 0.501. The van der Waals surface area contributed by atoms with Gasteiger partial charge in [0.05, 0.1) is 0 Å². The number of benzene rings is 1. The predicted octanol–water partition coefficient (Wildman–Crippen LogP) is 3.96. The van der Waals surface area contributed by atoms with E-state index in [9.17, 15) is 0 Å². The first kappa shape index (κ1) is 14.5. The van der Waals surface area contributed by atoms with Crippen LogP contribution >= 0.6 is 11.6 Å². The Hall–Kier alpha value is -0.530. The van der Waals surface area contributed by atoms with Crippen LogP contribution in [-0.4, -0.2) is 29.9 Å². The fraction of sp³-hybridized carbons (Fsp3) is 0.600. The Morgan fingerprint density at radius 1 is 1.06 bits per heavy atom. The summed E-state index contributed by atoms with van der Waals surface area (Å²) in [6.07, 6.45) is 3.70. The van der Waals surface area contributed by atoms with Crippen LogP contribution in [0.15, 0.2) is 30.3 Å². The van der Waals surface area contributed by atoms with Crippen LogP contribution < -0.4 is 0 Å². The molecule has 2 heteroatoms. The Morgan fingerprint density at radius 3 is 2.35 bits per heavy atom. The van der Waals surface area contributed by atoms with Crippen molar-refractivity contribution in [1.82, 2.24) is 4.90 Å². The Labute approximate surface area is 111 Å². The first-order chi connectivity index (χ1) is 8.24. The van der Waals surface area contributed by atoms with E-state index in [2.05, 4.69) is 49.1 Å². The van der Waals surface area contributed by atoms with Crippen LogP contribution in [0.3, 0.4) is 0 Å². The maximum atomic E-state index is 5.81. The molecule has 0 amide bonds. The standard InChI is InChI=1S/C15H24ClN/c1-14(2)17(13-11-16)12-7-6-10-15-8-4-3-5-9-15/h3-5,8-9,14H,6-7,10-13H2,1-2H3. The zero-order chi connectivity index (χ0) is 12.5. The molecule has 0 heterocycles. The Kier molecular flexibility index (Phi) is 7.30. The minimum absolute atomic E-state index is 0.602. The molecular formula is C15H24ClN. The molecular weight excluding hydrogens is 230 g/mol. The zero-order valence-corrected chi connectivity index (χ0v) is 11.8. The highest BCUT2D eigenvalue weighted by Gasteiger charge is 2.07. The van der Waals surface area contributed by atoms with E-state index in [1.54, 1.807) is 0 Å². The molecule has 0 radical (unpaired) electrons. The lowest BCUT2D eigenvalue weighted by atomic mass is 10.1. The van der Waals surface area contributed by atoms with Gasteiger partial charge in [-0.1, -0.05) is 30.3 Å². The highest BCUT2D eigenvalue weighted by atomic mass is 35.5. The van der Waals surface area contributed by atoms with Crippen LogP contribution in [0, 0.1) is 0 Å². The van der Waals surface area contributed by atoms with Crippen LogP contribution in [-0.2, 0) is 6.42 Å². The molecule has 17 heavy (non-hydrogen) atoms. The van der Waals surface area contributed by atoms with Gasteiger partial charge in [-0.15, -0.1) is 11.6 Å². The number of aryl methyl sites for hydroxylation is 1. The number of alkyl halides is 1. The second-order valence-corrected chi connectivity index (χ2v) is 5.14. The minimum Gasteiger partial charge on any atom is -0.300 e. The summed E-state index contributed by atoms with van der Waals surface area (Å²) in [5.41, 5.74) is 1.45. The zero-order valence-electron chi connectivity index (χ0n) is 11.0. The summed E-state index contributed by atoms with van der Waals surface area (Å²) in [7, 11) is 0. The van der Waals surface area contributed by atoms with Crippen molar-refractivity contribution in [2.24, 2.45) is 0 Å². The van der Waals surface area contributed by atoms with E-state index in [1.807, 2.05) is 0 Å². The molecule has 0 atom stereocenters. The van der Waals surface area contributed by atoms with E-state index in [0.29, 0.717) is 6.04 Å². The lowest BCUT2D eigenvalue weighted by Crippen LogP contribution is -2.33. The number of hydrogen-bond acceptors (Lipinski definition) is 1. The minimum atomic E-state index is 0.602. The van der Waals surface area contributed by atoms with Gasteiger partial charge in [-0.05, 0) is 45.2 Å². The van der Waals surface area contributed by atoms with Gasteiger partial charge in [0.2, 0.25) is 0 Å². The van der Waals surface area contributed by atoms with E-state index in [-0.39, 0.29) is 0 Å². The average Bonchev–Trinajstić information content (AvgIpc) is 2.34. The van der Waals surface area contributed by atoms with Crippen molar-refractivity contribution in [3.8, 4) is 0 Å². The van der Waals surface area contributed by atoms with Crippen LogP contribution in [0.1, 0.15) is 32.3 Å². The molecule has 0 aliphatic heterocycles. The molecule has 96 valence electrons. The maximum absolute atomic E-state index is 5.81. The van der Waals surface area contributed by atoms with Crippen LogP contribution in [0.2, 0.25) is 0 Å². The first-order valence-electron chi connectivity index (χ1n) is 6.58. The van der Waals surface area contributed by atoms with E-state index < -0.39 is 0 Å². The molecule has 0 N–H and O–H groups in total. The van der Waals surface area contributed by atoms with Gasteiger partial charge in [0.25, 0.3) is 0 Å². The smallest absolute Gasteiger partial charge is 0.0351 e. The van der Waals surface area contributed by atoms with Crippen molar-refractivity contribution >= 4 is 11.6 Å². The van der Waals surface area contributed by atoms with Gasteiger partial charge < -0.3 is 0 Å². The van der Waals surface area contributed by atoms with Gasteiger partial charge in [0.15, 0.2) is 0 Å². The van der Waals surface area contributed by atoms with E-state index in [0.717, 1.165) is 19.0 Å². The number of hydrogen-bond donors (Lipinski definition) is 0. The fourth-order valence-corrected chi connectivity index (χ4v) is 2.24. The Balaban J connectivity index is 2.18. The third-order valence-electron chi connectivity index (χ3n) is 3.11. The molecule has 0 saturated carbocycles. The van der Waals surface area contributed by atoms with Crippen molar-refractivity contribution < 1.29 is 0 Å². The monoisotopic (exact) mass is 253 g/mol. The van der Waals surface area contributed by atoms with Gasteiger partial charge >= 0.3 is 0 Å². The summed E-state index contributed by atoms with van der Waals surface area (Å²) in [4.78, 5) is 2.46. The molecule has 1 rings (SSSR count). The lowest BCUT2D eigenvalue weighted by Gasteiger charge is -2.25. The maximum Gasteiger partial charge on any atom is 0.0351 e. The topological polar surface area (TPSA) is 3.24 Å². The van der Waals surface area contributed by atoms with Crippen LogP contribution in [0.4, 0.5) is 0 Å². The Morgan fingerprint density at radius 2 is 1.76 bits per heavy atom. The van der Waals surface area contributed by atoms with Crippen molar-refractivity contribution in [1.29, 1.82) is 0 Å². The van der Waals surface area contributed by atoms with Gasteiger partial charge in [0, 0.05) is 18.5 Å². The predicted molar refractivity (Wildman–Crippen MR) is 76.8 cm³/mol. The second-order valence-electron chi connectivity index (χ2n) is 4.76. The molecule has 0 unspecified atom stereocenters. The van der Waals surface area contributed by atoms with Gasteiger partial charge in [0.1, 0.15) is 0 Å². The molecule has 0 aliphatic rings. The molecule has 0 fully saturated rings. The van der Waals surface area contributed by atoms with Gasteiger partial charge in [-0.2, -0.15) is 0 Å². The summed E-state index contributed by atoms with van der Waals surface area (Å²) >= 11 is 5.81. The molecule has 0 bridgehead atoms. The molecule has 1 nitrogen and oxygen atoms in total. The average molecular weight is 254 g/mol. The SMILES string of the molecule is CC(C)N(CCCl)CCCCc1ccccc1. The van der Waals surface area contributed by atoms with Crippen LogP contribution in [0.5, 0.6) is 0 Å². The Bertz CT molecular complexity index is 284. The summed E-state index contributed by atoms with van der Waals surface area (Å²) in [5.74, 6) is 0.733. The molecule has 1 aromatic rings. The summed E-state index contributed by atoms with van der Waals surface area (Å²) in [6, 6.07) is 11.3. The second kappa shape index (κ2) is 8.54. The van der Waals surface area contributed by atoms with E-state index in [1.165, 1.54) is 24.8 Å². The van der Waals surface area contributed by atoms with Crippen molar-refractivity contribution in [2.75, 3.05) is 19.0 Å². The van der Waals surface area contributed by atoms with Crippen molar-refractivity contribution in [2.45, 2.75) is 39.2 Å². The molecule has 0 aromatic heterocycles. The van der Waals surface area contributed by atoms with E-state index in [4.69, 9.17) is 11.6 Å². The molecule has 0 aliphatic carbocycles. The first-order valence-corrected chi connectivity index (χ1v) is 7.11. The van der Waals surface area contributed by atoms with E-state index >= 15 is 0 Å². The number of unbranched alkanes of at least 4 members (excludes halogenated alkanes) is 1. The fourth-order valence-electron chi connectivity index (χ4n) is 2.03. The normalized spacial score (nSPS) is 11.4. The summed E-state index contributed by atoms with van der Waals surface area (Å²) < 4.78 is 0. The summed E-state index contributed by atoms with van der Waals surface area (Å²) in [6.45, 7) is 6.65. The number of rotatable bonds is 8. The molecule has 0 spiro atoms. The molecule has 1 aromatic carbocycles. The summed E-state index contributed by atoms with van der Waals surface area (Å²) in [5, 5.41) is 0. The van der Waals surface area contributed by atoms with Crippen molar-refractivity contribution in [3.05, 3.63) is 35.9 Å². The number of halogens is 1. The lowest BCUT2D eigenvalue weighted by molar-refractivity contribution is 0.230. The largest absolute Gasteiger partial charge is 0.300 e. The third-order valence-corrected chi connectivity index (χ3v) is 3.27. The van der Waals surface area contributed by atoms with Crippen molar-refractivity contribution in [3.63, 3.8) is 0 Å². The third kappa shape index (κ3) is 6.09.